The summed E-state index contributed by atoms with van der Waals surface area (Å²) in [6.45, 7) is 23.2. The van der Waals surface area contributed by atoms with E-state index in [4.69, 9.17) is 30.3 Å². The predicted octanol–water partition coefficient (Wildman–Crippen LogP) is 5.74. The molecule has 3 aromatic carbocycles. The Morgan fingerprint density at radius 3 is 2.14 bits per heavy atom. The highest BCUT2D eigenvalue weighted by Gasteiger charge is 2.42. The Morgan fingerprint density at radius 1 is 0.781 bits per heavy atom. The second-order valence-corrected chi connectivity index (χ2v) is 20.1. The predicted molar refractivity (Wildman–Crippen MR) is 274 cm³/mol. The van der Waals surface area contributed by atoms with E-state index in [9.17, 15) is 24.0 Å². The third-order valence-corrected chi connectivity index (χ3v) is 15.4. The summed E-state index contributed by atoms with van der Waals surface area (Å²) >= 11 is 0. The zero-order valence-corrected chi connectivity index (χ0v) is 42.6. The highest BCUT2D eigenvalue weighted by Crippen LogP contribution is 2.46. The topological polar surface area (TPSA) is 177 Å². The number of benzene rings is 3. The maximum atomic E-state index is 14.1. The van der Waals surface area contributed by atoms with Crippen molar-refractivity contribution < 1.29 is 47.7 Å². The van der Waals surface area contributed by atoms with Gasteiger partial charge in [0, 0.05) is 104 Å². The summed E-state index contributed by atoms with van der Waals surface area (Å²) in [4.78, 5) is 79.9. The first-order valence-electron chi connectivity index (χ1n) is 26.1. The molecule has 388 valence electrons. The van der Waals surface area contributed by atoms with Crippen LogP contribution in [0.2, 0.25) is 0 Å². The number of ether oxygens (including phenoxy) is 5. The minimum Gasteiger partial charge on any atom is -0.379 e. The molecule has 4 amide bonds. The number of aryl methyl sites for hydroxylation is 2. The molecular weight excluding hydrogens is 931 g/mol. The van der Waals surface area contributed by atoms with Crippen LogP contribution in [0, 0.1) is 6.57 Å². The highest BCUT2D eigenvalue weighted by atomic mass is 16.6. The number of aromatic amines is 1. The molecule has 4 aliphatic heterocycles. The lowest BCUT2D eigenvalue weighted by molar-refractivity contribution is -0.139. The smallest absolute Gasteiger partial charge is 0.255 e. The molecule has 5 heterocycles. The van der Waals surface area contributed by atoms with Crippen LogP contribution >= 0.6 is 0 Å². The Balaban J connectivity index is 0.590. The van der Waals surface area contributed by atoms with Gasteiger partial charge >= 0.3 is 0 Å². The van der Waals surface area contributed by atoms with Crippen molar-refractivity contribution in [2.24, 2.45) is 0 Å². The molecule has 17 heteroatoms. The number of ketones is 1. The van der Waals surface area contributed by atoms with E-state index in [1.165, 1.54) is 11.3 Å². The van der Waals surface area contributed by atoms with Gasteiger partial charge in [0.2, 0.25) is 17.7 Å². The number of carbonyl (C=O) groups is 5. The Labute approximate surface area is 427 Å². The molecule has 1 aromatic heterocycles. The number of hydrogen-bond acceptors (Lipinski definition) is 12. The second kappa shape index (κ2) is 23.5. The monoisotopic (exact) mass is 1000 g/mol. The number of carbonyl (C=O) groups excluding carboxylic acids is 5. The number of fused-ring (bicyclic) bond motifs is 5. The summed E-state index contributed by atoms with van der Waals surface area (Å²) in [6, 6.07) is 15.5. The summed E-state index contributed by atoms with van der Waals surface area (Å²) in [5.74, 6) is -0.812. The van der Waals surface area contributed by atoms with E-state index in [-0.39, 0.29) is 36.5 Å². The van der Waals surface area contributed by atoms with E-state index < -0.39 is 17.4 Å². The van der Waals surface area contributed by atoms with Gasteiger partial charge in [-0.15, -0.1) is 0 Å². The van der Waals surface area contributed by atoms with E-state index in [0.717, 1.165) is 103 Å². The SMILES string of the molecule is [C-]#[N+]c1ccc2c3c([nH]c2c1)C(C)(C)c1cc(N2CCC(N4CCN(C(=O)COCCOCCOCCOCCOCCCc5cccc6c5CN(C5CCC(=O)NC5=O)C6=O)CC4)CC2)c(CC)cc1C3=O. The van der Waals surface area contributed by atoms with Gasteiger partial charge < -0.3 is 43.4 Å². The van der Waals surface area contributed by atoms with Crippen molar-refractivity contribution in [3.05, 3.63) is 105 Å². The Morgan fingerprint density at radius 2 is 1.47 bits per heavy atom. The van der Waals surface area contributed by atoms with Crippen molar-refractivity contribution in [2.75, 3.05) is 110 Å². The van der Waals surface area contributed by atoms with E-state index in [1.54, 1.807) is 17.0 Å². The minimum absolute atomic E-state index is 0.00667. The fraction of sp³-hybridized carbons (Fsp3) is 0.536. The quantitative estimate of drug-likeness (QED) is 0.0556. The maximum absolute atomic E-state index is 14.1. The molecule has 4 aromatic rings. The van der Waals surface area contributed by atoms with Gasteiger partial charge in [-0.25, -0.2) is 4.85 Å². The summed E-state index contributed by atoms with van der Waals surface area (Å²) in [5.41, 5.74) is 9.46. The van der Waals surface area contributed by atoms with Crippen molar-refractivity contribution in [1.82, 2.24) is 25.0 Å². The van der Waals surface area contributed by atoms with Crippen LogP contribution in [0.15, 0.2) is 48.5 Å². The van der Waals surface area contributed by atoms with Crippen LogP contribution in [0.1, 0.15) is 107 Å². The molecule has 0 saturated carbocycles. The van der Waals surface area contributed by atoms with Crippen molar-refractivity contribution in [3.63, 3.8) is 0 Å². The number of amides is 4. The lowest BCUT2D eigenvalue weighted by Crippen LogP contribution is -2.55. The zero-order chi connectivity index (χ0) is 51.1. The average Bonchev–Trinajstić information content (AvgIpc) is 3.97. The zero-order valence-electron chi connectivity index (χ0n) is 42.6. The first kappa shape index (κ1) is 51.9. The molecule has 0 bridgehead atoms. The van der Waals surface area contributed by atoms with Gasteiger partial charge in [0.05, 0.1) is 65.0 Å². The van der Waals surface area contributed by atoms with E-state index in [1.807, 2.05) is 29.2 Å². The average molecular weight is 1000 g/mol. The highest BCUT2D eigenvalue weighted by molar-refractivity contribution is 6.20. The first-order valence-corrected chi connectivity index (χ1v) is 26.1. The van der Waals surface area contributed by atoms with Gasteiger partial charge in [-0.2, -0.15) is 0 Å². The number of nitrogens with one attached hydrogen (secondary N) is 2. The first-order chi connectivity index (χ1) is 35.5. The summed E-state index contributed by atoms with van der Waals surface area (Å²) in [7, 11) is 0. The molecule has 0 spiro atoms. The number of hydrogen-bond donors (Lipinski definition) is 2. The normalized spacial score (nSPS) is 19.0. The fourth-order valence-electron chi connectivity index (χ4n) is 11.3. The molecule has 73 heavy (non-hydrogen) atoms. The van der Waals surface area contributed by atoms with E-state index >= 15 is 0 Å². The summed E-state index contributed by atoms with van der Waals surface area (Å²) in [6.07, 6.45) is 5.01. The van der Waals surface area contributed by atoms with E-state index in [2.05, 4.69) is 57.8 Å². The van der Waals surface area contributed by atoms with Gasteiger partial charge in [-0.05, 0) is 85.0 Å². The van der Waals surface area contributed by atoms with Crippen LogP contribution in [-0.4, -0.2) is 167 Å². The van der Waals surface area contributed by atoms with Crippen LogP contribution in [0.25, 0.3) is 15.7 Å². The molecule has 3 saturated heterocycles. The van der Waals surface area contributed by atoms with Crippen LogP contribution in [-0.2, 0) is 62.9 Å². The molecule has 17 nitrogen and oxygen atoms in total. The molecule has 3 fully saturated rings. The standard InChI is InChI=1S/C56H69N7O10/c1-5-37-32-43-45(56(2,3)53-51(52(43)66)42-12-11-39(57-4)33-46(42)58-53)34-48(37)61-17-15-40(16-18-61)60-19-21-62(22-20-60)50(65)36-73-31-30-72-29-28-71-27-26-70-25-24-69-23-7-9-38-8-6-10-41-44(38)35-63(55(41)68)47-13-14-49(64)59-54(47)67/h6,8,10-12,32-34,40,47,58H,5,7,9,13-31,35-36H2,1-3H3,(H,59,64,67). The van der Waals surface area contributed by atoms with Crippen LogP contribution in [0.5, 0.6) is 0 Å². The van der Waals surface area contributed by atoms with Crippen LogP contribution < -0.4 is 10.2 Å². The molecule has 1 unspecified atom stereocenters. The number of anilines is 1. The van der Waals surface area contributed by atoms with Gasteiger partial charge in [0.25, 0.3) is 5.91 Å². The number of imide groups is 1. The van der Waals surface area contributed by atoms with Crippen LogP contribution in [0.4, 0.5) is 11.4 Å². The largest absolute Gasteiger partial charge is 0.379 e. The van der Waals surface area contributed by atoms with E-state index in [0.29, 0.717) is 103 Å². The third kappa shape index (κ3) is 11.4. The van der Waals surface area contributed by atoms with Crippen LogP contribution in [0.3, 0.4) is 0 Å². The Bertz CT molecular complexity index is 2730. The van der Waals surface area contributed by atoms with Gasteiger partial charge in [0.1, 0.15) is 12.6 Å². The fourth-order valence-corrected chi connectivity index (χ4v) is 11.3. The van der Waals surface area contributed by atoms with Gasteiger partial charge in [-0.3, -0.25) is 34.2 Å². The third-order valence-electron chi connectivity index (χ3n) is 15.4. The number of aromatic nitrogens is 1. The van der Waals surface area contributed by atoms with Crippen molar-refractivity contribution in [1.29, 1.82) is 0 Å². The second-order valence-electron chi connectivity index (χ2n) is 20.1. The Kier molecular flexibility index (Phi) is 16.7. The molecule has 1 atom stereocenters. The van der Waals surface area contributed by atoms with Gasteiger partial charge in [0.15, 0.2) is 11.5 Å². The summed E-state index contributed by atoms with van der Waals surface area (Å²) in [5, 5.41) is 3.23. The molecule has 2 N–H and O–H groups in total. The molecule has 1 aliphatic carbocycles. The maximum Gasteiger partial charge on any atom is 0.255 e. The number of nitrogens with zero attached hydrogens (tertiary/aromatic N) is 5. The minimum atomic E-state index is -0.623. The molecule has 0 radical (unpaired) electrons. The number of rotatable bonds is 22. The summed E-state index contributed by atoms with van der Waals surface area (Å²) < 4.78 is 28.3. The number of H-pyrrole nitrogens is 1. The number of piperidine rings is 2. The molecular formula is C56H69N7O10. The van der Waals surface area contributed by atoms with Crippen molar-refractivity contribution in [3.8, 4) is 0 Å². The van der Waals surface area contributed by atoms with Crippen molar-refractivity contribution in [2.45, 2.75) is 89.8 Å². The number of piperazine rings is 1. The lowest BCUT2D eigenvalue weighted by atomic mass is 9.70. The molecule has 5 aliphatic rings. The van der Waals surface area contributed by atoms with Crippen molar-refractivity contribution >= 4 is 51.7 Å². The molecule has 9 rings (SSSR count). The Hall–Kier alpha value is -6.00. The lowest BCUT2D eigenvalue weighted by Gasteiger charge is -2.44. The van der Waals surface area contributed by atoms with Gasteiger partial charge in [-0.1, -0.05) is 45.0 Å².